The van der Waals surface area contributed by atoms with Crippen LogP contribution in [0.3, 0.4) is 0 Å². The Hall–Kier alpha value is -1.88. The molecule has 0 aliphatic rings. The second-order valence-electron chi connectivity index (χ2n) is 3.48. The van der Waals surface area contributed by atoms with E-state index in [0.29, 0.717) is 0 Å². The van der Waals surface area contributed by atoms with Crippen LogP contribution < -0.4 is 11.0 Å². The lowest BCUT2D eigenvalue weighted by atomic mass is 10.2. The van der Waals surface area contributed by atoms with Gasteiger partial charge in [0.05, 0.1) is 5.69 Å². The number of nitrogens with zero attached hydrogens (tertiary/aromatic N) is 2. The molecular weight excluding hydrogens is 204 g/mol. The second-order valence-corrected chi connectivity index (χ2v) is 3.48. The zero-order chi connectivity index (χ0) is 11.4. The highest BCUT2D eigenvalue weighted by Gasteiger charge is 2.01. The zero-order valence-electron chi connectivity index (χ0n) is 9.10. The van der Waals surface area contributed by atoms with E-state index < -0.39 is 0 Å². The summed E-state index contributed by atoms with van der Waals surface area (Å²) in [4.78, 5) is 11.4. The third-order valence-electron chi connectivity index (χ3n) is 2.32. The average molecular weight is 218 g/mol. The van der Waals surface area contributed by atoms with Gasteiger partial charge in [-0.15, -0.1) is 0 Å². The molecule has 0 spiro atoms. The summed E-state index contributed by atoms with van der Waals surface area (Å²) in [6.07, 6.45) is 1.48. The molecule has 2 N–H and O–H groups in total. The van der Waals surface area contributed by atoms with E-state index in [9.17, 15) is 4.79 Å². The molecular formula is C11H14N4O. The van der Waals surface area contributed by atoms with Crippen molar-refractivity contribution in [2.75, 3.05) is 6.54 Å². The van der Waals surface area contributed by atoms with E-state index in [1.807, 2.05) is 24.3 Å². The van der Waals surface area contributed by atoms with Crippen molar-refractivity contribution < 1.29 is 0 Å². The van der Waals surface area contributed by atoms with Crippen LogP contribution in [0.2, 0.25) is 0 Å². The van der Waals surface area contributed by atoms with E-state index in [2.05, 4.69) is 22.4 Å². The Morgan fingerprint density at radius 2 is 2.38 bits per heavy atom. The first-order valence-corrected chi connectivity index (χ1v) is 5.23. The van der Waals surface area contributed by atoms with Gasteiger partial charge < -0.3 is 5.32 Å². The summed E-state index contributed by atoms with van der Waals surface area (Å²) in [6, 6.07) is 7.81. The van der Waals surface area contributed by atoms with Gasteiger partial charge in [-0.05, 0) is 24.2 Å². The lowest BCUT2D eigenvalue weighted by Gasteiger charge is -2.05. The fraction of sp³-hybridized carbons (Fsp3) is 0.273. The standard InChI is InChI=1S/C11H14N4O/c1-2-12-7-9-4-3-5-10(6-9)15-8-13-14-11(15)16/h3-6,8,12H,2,7H2,1H3,(H,14,16). The molecule has 0 saturated carbocycles. The number of hydrogen-bond donors (Lipinski definition) is 2. The maximum atomic E-state index is 11.4. The maximum Gasteiger partial charge on any atom is 0.347 e. The topological polar surface area (TPSA) is 62.7 Å². The summed E-state index contributed by atoms with van der Waals surface area (Å²) in [7, 11) is 0. The van der Waals surface area contributed by atoms with Gasteiger partial charge in [0.25, 0.3) is 0 Å². The molecule has 0 unspecified atom stereocenters. The van der Waals surface area contributed by atoms with Gasteiger partial charge in [0.1, 0.15) is 6.33 Å². The van der Waals surface area contributed by atoms with E-state index in [-0.39, 0.29) is 5.69 Å². The van der Waals surface area contributed by atoms with Crippen LogP contribution in [0.1, 0.15) is 12.5 Å². The van der Waals surface area contributed by atoms with Gasteiger partial charge in [0.2, 0.25) is 0 Å². The Morgan fingerprint density at radius 1 is 1.50 bits per heavy atom. The summed E-state index contributed by atoms with van der Waals surface area (Å²) in [6.45, 7) is 3.79. The van der Waals surface area contributed by atoms with Crippen LogP contribution in [0, 0.1) is 0 Å². The summed E-state index contributed by atoms with van der Waals surface area (Å²) in [5.41, 5.74) is 1.75. The fourth-order valence-corrected chi connectivity index (χ4v) is 1.52. The molecule has 0 atom stereocenters. The monoisotopic (exact) mass is 218 g/mol. The minimum atomic E-state index is -0.222. The van der Waals surface area contributed by atoms with Crippen molar-refractivity contribution in [2.45, 2.75) is 13.5 Å². The molecule has 0 aliphatic heterocycles. The SMILES string of the molecule is CCNCc1cccc(-n2cn[nH]c2=O)c1. The number of nitrogens with one attached hydrogen (secondary N) is 2. The highest BCUT2D eigenvalue weighted by atomic mass is 16.1. The van der Waals surface area contributed by atoms with Gasteiger partial charge in [0, 0.05) is 6.54 Å². The Kier molecular flexibility index (Phi) is 3.16. The molecule has 0 saturated heterocycles. The Balaban J connectivity index is 2.29. The quantitative estimate of drug-likeness (QED) is 0.792. The molecule has 84 valence electrons. The molecule has 5 heteroatoms. The summed E-state index contributed by atoms with van der Waals surface area (Å²) in [5, 5.41) is 9.31. The van der Waals surface area contributed by atoms with Crippen molar-refractivity contribution in [1.82, 2.24) is 20.1 Å². The number of rotatable bonds is 4. The molecule has 16 heavy (non-hydrogen) atoms. The van der Waals surface area contributed by atoms with Gasteiger partial charge in [-0.25, -0.2) is 14.5 Å². The van der Waals surface area contributed by atoms with E-state index in [1.165, 1.54) is 10.9 Å². The third kappa shape index (κ3) is 2.20. The van der Waals surface area contributed by atoms with Gasteiger partial charge >= 0.3 is 5.69 Å². The van der Waals surface area contributed by atoms with Crippen molar-refractivity contribution in [3.63, 3.8) is 0 Å². The number of H-pyrrole nitrogens is 1. The lowest BCUT2D eigenvalue weighted by molar-refractivity contribution is 0.726. The molecule has 2 rings (SSSR count). The van der Waals surface area contributed by atoms with Crippen molar-refractivity contribution in [3.8, 4) is 5.69 Å². The van der Waals surface area contributed by atoms with Crippen LogP contribution in [-0.4, -0.2) is 21.3 Å². The van der Waals surface area contributed by atoms with E-state index >= 15 is 0 Å². The summed E-state index contributed by atoms with van der Waals surface area (Å²) in [5.74, 6) is 0. The first kappa shape index (κ1) is 10.6. The molecule has 0 radical (unpaired) electrons. The average Bonchev–Trinajstić information content (AvgIpc) is 2.73. The van der Waals surface area contributed by atoms with E-state index in [1.54, 1.807) is 0 Å². The molecule has 1 aromatic carbocycles. The normalized spacial score (nSPS) is 10.6. The van der Waals surface area contributed by atoms with E-state index in [0.717, 1.165) is 24.3 Å². The Labute approximate surface area is 93.1 Å². The number of benzene rings is 1. The Morgan fingerprint density at radius 3 is 3.06 bits per heavy atom. The van der Waals surface area contributed by atoms with Crippen LogP contribution in [0.5, 0.6) is 0 Å². The first-order valence-electron chi connectivity index (χ1n) is 5.23. The maximum absolute atomic E-state index is 11.4. The summed E-state index contributed by atoms with van der Waals surface area (Å²) < 4.78 is 1.48. The van der Waals surface area contributed by atoms with Crippen LogP contribution in [0.4, 0.5) is 0 Å². The molecule has 5 nitrogen and oxygen atoms in total. The first-order chi connectivity index (χ1) is 7.81. The van der Waals surface area contributed by atoms with Crippen molar-refractivity contribution in [3.05, 3.63) is 46.6 Å². The van der Waals surface area contributed by atoms with Gasteiger partial charge in [-0.3, -0.25) is 0 Å². The fourth-order valence-electron chi connectivity index (χ4n) is 1.52. The highest BCUT2D eigenvalue weighted by molar-refractivity contribution is 5.35. The van der Waals surface area contributed by atoms with Crippen molar-refractivity contribution in [1.29, 1.82) is 0 Å². The minimum absolute atomic E-state index is 0.222. The zero-order valence-corrected chi connectivity index (χ0v) is 9.10. The minimum Gasteiger partial charge on any atom is -0.313 e. The number of aromatic amines is 1. The molecule has 2 aromatic rings. The highest BCUT2D eigenvalue weighted by Crippen LogP contribution is 2.07. The molecule has 0 aliphatic carbocycles. The van der Waals surface area contributed by atoms with Crippen LogP contribution in [-0.2, 0) is 6.54 Å². The molecule has 1 heterocycles. The number of hydrogen-bond acceptors (Lipinski definition) is 3. The molecule has 0 fully saturated rings. The molecule has 1 aromatic heterocycles. The smallest absolute Gasteiger partial charge is 0.313 e. The van der Waals surface area contributed by atoms with Crippen molar-refractivity contribution >= 4 is 0 Å². The van der Waals surface area contributed by atoms with Gasteiger partial charge in [0.15, 0.2) is 0 Å². The van der Waals surface area contributed by atoms with Gasteiger partial charge in [-0.1, -0.05) is 19.1 Å². The lowest BCUT2D eigenvalue weighted by Crippen LogP contribution is -2.15. The molecule has 0 amide bonds. The molecule has 0 bridgehead atoms. The third-order valence-corrected chi connectivity index (χ3v) is 2.32. The van der Waals surface area contributed by atoms with Crippen molar-refractivity contribution in [2.24, 2.45) is 0 Å². The van der Waals surface area contributed by atoms with Crippen LogP contribution in [0.15, 0.2) is 35.4 Å². The largest absolute Gasteiger partial charge is 0.347 e. The van der Waals surface area contributed by atoms with Gasteiger partial charge in [-0.2, -0.15) is 5.10 Å². The second kappa shape index (κ2) is 4.76. The van der Waals surface area contributed by atoms with Crippen LogP contribution >= 0.6 is 0 Å². The Bertz CT molecular complexity index is 514. The predicted octanol–water partition coefficient (Wildman–Crippen LogP) is 0.670. The van der Waals surface area contributed by atoms with Crippen LogP contribution in [0.25, 0.3) is 5.69 Å². The number of aromatic nitrogens is 3. The van der Waals surface area contributed by atoms with E-state index in [4.69, 9.17) is 0 Å². The summed E-state index contributed by atoms with van der Waals surface area (Å²) >= 11 is 0. The predicted molar refractivity (Wildman–Crippen MR) is 61.6 cm³/mol.